The largest absolute Gasteiger partial charge is 0.324 e. The lowest BCUT2D eigenvalue weighted by atomic mass is 10.2. The first-order valence-electron chi connectivity index (χ1n) is 9.72. The van der Waals surface area contributed by atoms with Crippen LogP contribution in [0.25, 0.3) is 0 Å². The number of carbonyl (C=O) groups excluding carboxylic acids is 1. The topological polar surface area (TPSA) is 110 Å². The molecule has 0 aliphatic carbocycles. The molecular weight excluding hydrogens is 569 g/mol. The molecule has 3 rings (SSSR count). The number of nitro groups is 1. The van der Waals surface area contributed by atoms with E-state index in [4.69, 9.17) is 23.2 Å². The van der Waals surface area contributed by atoms with Gasteiger partial charge in [-0.15, -0.1) is 0 Å². The predicted molar refractivity (Wildman–Crippen MR) is 135 cm³/mol. The number of carbonyl (C=O) groups is 1. The molecule has 0 bridgehead atoms. The number of rotatable bonds is 8. The molecule has 3 aromatic rings. The predicted octanol–water partition coefficient (Wildman–Crippen LogP) is 5.80. The zero-order valence-electron chi connectivity index (χ0n) is 17.7. The van der Waals surface area contributed by atoms with E-state index < -0.39 is 27.4 Å². The molecular formula is C22H18BrCl2N3O5S. The third-order valence-corrected chi connectivity index (χ3v) is 7.76. The van der Waals surface area contributed by atoms with Crippen molar-refractivity contribution in [2.45, 2.75) is 18.4 Å². The number of hydrogen-bond donors (Lipinski definition) is 1. The van der Waals surface area contributed by atoms with Gasteiger partial charge >= 0.3 is 0 Å². The van der Waals surface area contributed by atoms with Gasteiger partial charge in [0.1, 0.15) is 0 Å². The highest BCUT2D eigenvalue weighted by Gasteiger charge is 2.28. The number of non-ortho nitro benzene ring substituents is 1. The average Bonchev–Trinajstić information content (AvgIpc) is 2.76. The number of aryl methyl sites for hydroxylation is 1. The van der Waals surface area contributed by atoms with Gasteiger partial charge in [-0.3, -0.25) is 14.9 Å². The zero-order valence-corrected chi connectivity index (χ0v) is 21.6. The Kier molecular flexibility index (Phi) is 8.32. The fraction of sp³-hybridized carbons (Fsp3) is 0.136. The number of nitrogens with one attached hydrogen (secondary N) is 1. The molecule has 0 heterocycles. The normalized spacial score (nSPS) is 11.4. The summed E-state index contributed by atoms with van der Waals surface area (Å²) in [6, 6.07) is 14.6. The summed E-state index contributed by atoms with van der Waals surface area (Å²) < 4.78 is 28.5. The maximum Gasteiger partial charge on any atom is 0.271 e. The summed E-state index contributed by atoms with van der Waals surface area (Å²) in [5.41, 5.74) is 1.05. The summed E-state index contributed by atoms with van der Waals surface area (Å²) in [6.07, 6.45) is 0. The third kappa shape index (κ3) is 6.34. The summed E-state index contributed by atoms with van der Waals surface area (Å²) in [7, 11) is -4.11. The number of hydrogen-bond acceptors (Lipinski definition) is 5. The van der Waals surface area contributed by atoms with E-state index >= 15 is 0 Å². The van der Waals surface area contributed by atoms with E-state index in [1.807, 2.05) is 0 Å². The summed E-state index contributed by atoms with van der Waals surface area (Å²) in [5.74, 6) is -0.672. The lowest BCUT2D eigenvalue weighted by molar-refractivity contribution is -0.384. The van der Waals surface area contributed by atoms with Gasteiger partial charge in [-0.05, 0) is 54.4 Å². The van der Waals surface area contributed by atoms with Gasteiger partial charge in [-0.1, -0.05) is 51.3 Å². The number of benzene rings is 3. The van der Waals surface area contributed by atoms with Gasteiger partial charge in [0.05, 0.1) is 22.1 Å². The number of halogens is 3. The highest BCUT2D eigenvalue weighted by molar-refractivity contribution is 9.10. The standard InChI is InChI=1S/C22H18BrCl2N3O5S/c1-14-2-7-18(28(30)31)11-21(14)26-22(29)13-27(12-15-3-6-17(24)10-20(15)25)34(32,33)19-8-4-16(23)5-9-19/h2-11H,12-13H2,1H3,(H,26,29). The molecule has 0 saturated carbocycles. The monoisotopic (exact) mass is 585 g/mol. The van der Waals surface area contributed by atoms with Gasteiger partial charge in [-0.25, -0.2) is 8.42 Å². The fourth-order valence-corrected chi connectivity index (χ4v) is 5.14. The molecule has 0 aliphatic rings. The lowest BCUT2D eigenvalue weighted by Crippen LogP contribution is -2.37. The number of anilines is 1. The van der Waals surface area contributed by atoms with Crippen LogP contribution >= 0.6 is 39.1 Å². The van der Waals surface area contributed by atoms with Crippen molar-refractivity contribution in [1.82, 2.24) is 4.31 Å². The Morgan fingerprint density at radius 2 is 1.76 bits per heavy atom. The van der Waals surface area contributed by atoms with Crippen molar-refractivity contribution < 1.29 is 18.1 Å². The van der Waals surface area contributed by atoms with Gasteiger partial charge in [0.25, 0.3) is 5.69 Å². The Morgan fingerprint density at radius 3 is 2.38 bits per heavy atom. The third-order valence-electron chi connectivity index (χ3n) is 4.84. The lowest BCUT2D eigenvalue weighted by Gasteiger charge is -2.23. The first kappa shape index (κ1) is 26.1. The van der Waals surface area contributed by atoms with Crippen molar-refractivity contribution >= 4 is 66.4 Å². The number of nitrogens with zero attached hydrogens (tertiary/aromatic N) is 2. The first-order chi connectivity index (χ1) is 16.0. The molecule has 0 atom stereocenters. The van der Waals surface area contributed by atoms with Crippen LogP contribution in [-0.2, 0) is 21.4 Å². The van der Waals surface area contributed by atoms with Crippen LogP contribution in [0, 0.1) is 17.0 Å². The molecule has 0 saturated heterocycles. The van der Waals surface area contributed by atoms with E-state index in [-0.39, 0.29) is 27.8 Å². The molecule has 1 N–H and O–H groups in total. The molecule has 1 amide bonds. The molecule has 0 radical (unpaired) electrons. The van der Waals surface area contributed by atoms with Gasteiger partial charge in [0, 0.05) is 33.2 Å². The van der Waals surface area contributed by atoms with Crippen molar-refractivity contribution in [3.8, 4) is 0 Å². The molecule has 34 heavy (non-hydrogen) atoms. The highest BCUT2D eigenvalue weighted by atomic mass is 79.9. The number of nitro benzene ring substituents is 1. The van der Waals surface area contributed by atoms with Crippen LogP contribution < -0.4 is 5.32 Å². The second-order valence-electron chi connectivity index (χ2n) is 7.27. The minimum atomic E-state index is -4.11. The van der Waals surface area contributed by atoms with Crippen molar-refractivity contribution in [1.29, 1.82) is 0 Å². The van der Waals surface area contributed by atoms with E-state index in [9.17, 15) is 23.3 Å². The minimum Gasteiger partial charge on any atom is -0.324 e. The van der Waals surface area contributed by atoms with Crippen LogP contribution in [0.15, 0.2) is 70.0 Å². The van der Waals surface area contributed by atoms with Crippen LogP contribution in [0.2, 0.25) is 10.0 Å². The zero-order chi connectivity index (χ0) is 25.0. The van der Waals surface area contributed by atoms with Gasteiger partial charge < -0.3 is 5.32 Å². The first-order valence-corrected chi connectivity index (χ1v) is 12.7. The van der Waals surface area contributed by atoms with E-state index in [2.05, 4.69) is 21.2 Å². The molecule has 12 heteroatoms. The summed E-state index contributed by atoms with van der Waals surface area (Å²) >= 11 is 15.5. The van der Waals surface area contributed by atoms with Crippen molar-refractivity contribution in [2.75, 3.05) is 11.9 Å². The van der Waals surface area contributed by atoms with Crippen molar-refractivity contribution in [3.05, 3.63) is 96.4 Å². The molecule has 178 valence electrons. The maximum absolute atomic E-state index is 13.4. The van der Waals surface area contributed by atoms with Gasteiger partial charge in [0.15, 0.2) is 0 Å². The Bertz CT molecular complexity index is 1350. The maximum atomic E-state index is 13.4. The van der Waals surface area contributed by atoms with Crippen LogP contribution in [0.4, 0.5) is 11.4 Å². The summed E-state index contributed by atoms with van der Waals surface area (Å²) in [4.78, 5) is 23.4. The molecule has 8 nitrogen and oxygen atoms in total. The van der Waals surface area contributed by atoms with E-state index in [1.165, 1.54) is 36.4 Å². The van der Waals surface area contributed by atoms with Crippen LogP contribution in [-0.4, -0.2) is 30.1 Å². The molecule has 0 unspecified atom stereocenters. The van der Waals surface area contributed by atoms with Crippen LogP contribution in [0.3, 0.4) is 0 Å². The van der Waals surface area contributed by atoms with Gasteiger partial charge in [0.2, 0.25) is 15.9 Å². The Balaban J connectivity index is 1.93. The summed E-state index contributed by atoms with van der Waals surface area (Å²) in [6.45, 7) is 0.915. The smallest absolute Gasteiger partial charge is 0.271 e. The summed E-state index contributed by atoms with van der Waals surface area (Å²) in [5, 5.41) is 14.3. The number of sulfonamides is 1. The highest BCUT2D eigenvalue weighted by Crippen LogP contribution is 2.27. The molecule has 3 aromatic carbocycles. The molecule has 0 aliphatic heterocycles. The van der Waals surface area contributed by atoms with Crippen LogP contribution in [0.1, 0.15) is 11.1 Å². The minimum absolute atomic E-state index is 0.0138. The van der Waals surface area contributed by atoms with E-state index in [0.717, 1.165) is 4.31 Å². The molecule has 0 aromatic heterocycles. The fourth-order valence-electron chi connectivity index (χ4n) is 3.03. The van der Waals surface area contributed by atoms with Crippen LogP contribution in [0.5, 0.6) is 0 Å². The average molecular weight is 587 g/mol. The van der Waals surface area contributed by atoms with Gasteiger partial charge in [-0.2, -0.15) is 4.31 Å². The van der Waals surface area contributed by atoms with Crippen molar-refractivity contribution in [3.63, 3.8) is 0 Å². The number of amides is 1. The SMILES string of the molecule is Cc1ccc([N+](=O)[O-])cc1NC(=O)CN(Cc1ccc(Cl)cc1Cl)S(=O)(=O)c1ccc(Br)cc1. The van der Waals surface area contributed by atoms with E-state index in [0.29, 0.717) is 20.6 Å². The molecule has 0 fully saturated rings. The Hall–Kier alpha value is -2.50. The Morgan fingerprint density at radius 1 is 1.09 bits per heavy atom. The second kappa shape index (κ2) is 10.8. The quantitative estimate of drug-likeness (QED) is 0.265. The molecule has 0 spiro atoms. The van der Waals surface area contributed by atoms with Crippen molar-refractivity contribution in [2.24, 2.45) is 0 Å². The van der Waals surface area contributed by atoms with E-state index in [1.54, 1.807) is 31.2 Å². The second-order valence-corrected chi connectivity index (χ2v) is 11.0. The Labute approximate surface area is 214 Å².